The van der Waals surface area contributed by atoms with Gasteiger partial charge in [0.25, 0.3) is 0 Å². The van der Waals surface area contributed by atoms with E-state index in [1.54, 1.807) is 14.2 Å². The summed E-state index contributed by atoms with van der Waals surface area (Å²) in [5.41, 5.74) is 1.77. The van der Waals surface area contributed by atoms with Gasteiger partial charge in [0, 0.05) is 19.6 Å². The molecule has 6 heteroatoms. The Balaban J connectivity index is 3.03. The van der Waals surface area contributed by atoms with Crippen molar-refractivity contribution < 1.29 is 18.9 Å². The number of allylic oxidation sites excluding steroid dienone is 1. The van der Waals surface area contributed by atoms with Crippen LogP contribution in [0.25, 0.3) is 0 Å². The SMILES string of the molecule is CCOC(CC(CCc1cc(OC)ccc1OC)=C(C#N)C#N)OCC. The van der Waals surface area contributed by atoms with E-state index in [0.29, 0.717) is 38.0 Å². The van der Waals surface area contributed by atoms with Gasteiger partial charge in [-0.2, -0.15) is 10.5 Å². The van der Waals surface area contributed by atoms with Crippen LogP contribution in [0, 0.1) is 22.7 Å². The Labute approximate surface area is 155 Å². The van der Waals surface area contributed by atoms with E-state index in [9.17, 15) is 10.5 Å². The molecule has 0 amide bonds. The summed E-state index contributed by atoms with van der Waals surface area (Å²) < 4.78 is 21.8. The molecule has 0 heterocycles. The molecule has 0 fully saturated rings. The highest BCUT2D eigenvalue weighted by Gasteiger charge is 2.16. The molecule has 0 saturated carbocycles. The van der Waals surface area contributed by atoms with Crippen molar-refractivity contribution in [3.05, 3.63) is 34.9 Å². The predicted molar refractivity (Wildman–Crippen MR) is 97.8 cm³/mol. The zero-order valence-electron chi connectivity index (χ0n) is 15.9. The molecule has 0 unspecified atom stereocenters. The van der Waals surface area contributed by atoms with E-state index in [0.717, 1.165) is 17.1 Å². The molecule has 0 aliphatic carbocycles. The zero-order chi connectivity index (χ0) is 19.4. The third-order valence-corrected chi connectivity index (χ3v) is 3.88. The average Bonchev–Trinajstić information content (AvgIpc) is 2.66. The number of aryl methyl sites for hydroxylation is 1. The maximum atomic E-state index is 9.29. The third-order valence-electron chi connectivity index (χ3n) is 3.88. The third kappa shape index (κ3) is 6.40. The molecule has 0 bridgehead atoms. The molecular formula is C20H26N2O4. The van der Waals surface area contributed by atoms with Gasteiger partial charge in [-0.1, -0.05) is 0 Å². The summed E-state index contributed by atoms with van der Waals surface area (Å²) >= 11 is 0. The van der Waals surface area contributed by atoms with E-state index >= 15 is 0 Å². The number of nitriles is 2. The molecule has 0 N–H and O–H groups in total. The van der Waals surface area contributed by atoms with Crippen molar-refractivity contribution in [3.63, 3.8) is 0 Å². The molecule has 0 spiro atoms. The fourth-order valence-electron chi connectivity index (χ4n) is 2.61. The van der Waals surface area contributed by atoms with E-state index in [4.69, 9.17) is 18.9 Å². The smallest absolute Gasteiger partial charge is 0.161 e. The van der Waals surface area contributed by atoms with Crippen LogP contribution in [0.2, 0.25) is 0 Å². The van der Waals surface area contributed by atoms with Crippen molar-refractivity contribution in [2.45, 2.75) is 39.4 Å². The second-order valence-corrected chi connectivity index (χ2v) is 5.42. The number of hydrogen-bond acceptors (Lipinski definition) is 6. The molecule has 0 aliphatic rings. The van der Waals surface area contributed by atoms with E-state index < -0.39 is 6.29 Å². The quantitative estimate of drug-likeness (QED) is 0.442. The zero-order valence-corrected chi connectivity index (χ0v) is 15.9. The highest BCUT2D eigenvalue weighted by Crippen LogP contribution is 2.28. The van der Waals surface area contributed by atoms with E-state index in [1.165, 1.54) is 0 Å². The molecule has 1 aromatic rings. The molecule has 6 nitrogen and oxygen atoms in total. The lowest BCUT2D eigenvalue weighted by Crippen LogP contribution is -2.19. The lowest BCUT2D eigenvalue weighted by molar-refractivity contribution is -0.134. The van der Waals surface area contributed by atoms with Crippen molar-refractivity contribution in [3.8, 4) is 23.6 Å². The van der Waals surface area contributed by atoms with Gasteiger partial charge in [-0.25, -0.2) is 0 Å². The largest absolute Gasteiger partial charge is 0.497 e. The Kier molecular flexibility index (Phi) is 9.86. The fourth-order valence-corrected chi connectivity index (χ4v) is 2.61. The molecule has 0 saturated heterocycles. The molecule has 0 aliphatic heterocycles. The molecule has 140 valence electrons. The van der Waals surface area contributed by atoms with Crippen molar-refractivity contribution in [2.75, 3.05) is 27.4 Å². The van der Waals surface area contributed by atoms with Gasteiger partial charge in [0.15, 0.2) is 6.29 Å². The lowest BCUT2D eigenvalue weighted by atomic mass is 9.97. The van der Waals surface area contributed by atoms with Crippen LogP contribution >= 0.6 is 0 Å². The summed E-state index contributed by atoms with van der Waals surface area (Å²) in [7, 11) is 3.22. The number of rotatable bonds is 11. The van der Waals surface area contributed by atoms with Gasteiger partial charge < -0.3 is 18.9 Å². The maximum absolute atomic E-state index is 9.29. The van der Waals surface area contributed by atoms with Crippen LogP contribution in [-0.2, 0) is 15.9 Å². The van der Waals surface area contributed by atoms with Crippen molar-refractivity contribution in [1.82, 2.24) is 0 Å². The molecule has 0 aromatic heterocycles. The molecule has 0 atom stereocenters. The van der Waals surface area contributed by atoms with Crippen LogP contribution in [0.3, 0.4) is 0 Å². The molecule has 0 radical (unpaired) electrons. The van der Waals surface area contributed by atoms with E-state index in [1.807, 2.05) is 44.2 Å². The predicted octanol–water partition coefficient (Wildman–Crippen LogP) is 3.77. The van der Waals surface area contributed by atoms with Gasteiger partial charge in [0.1, 0.15) is 29.2 Å². The summed E-state index contributed by atoms with van der Waals surface area (Å²) in [6.07, 6.45) is 1.04. The van der Waals surface area contributed by atoms with Crippen LogP contribution in [-0.4, -0.2) is 33.7 Å². The minimum atomic E-state index is -0.469. The maximum Gasteiger partial charge on any atom is 0.161 e. The van der Waals surface area contributed by atoms with Gasteiger partial charge in [0.2, 0.25) is 0 Å². The minimum Gasteiger partial charge on any atom is -0.497 e. The van der Waals surface area contributed by atoms with Gasteiger partial charge in [-0.3, -0.25) is 0 Å². The normalized spacial score (nSPS) is 10.1. The first-order valence-corrected chi connectivity index (χ1v) is 8.59. The number of benzene rings is 1. The van der Waals surface area contributed by atoms with Gasteiger partial charge in [-0.05, 0) is 56.0 Å². The average molecular weight is 358 g/mol. The van der Waals surface area contributed by atoms with Crippen LogP contribution in [0.4, 0.5) is 0 Å². The van der Waals surface area contributed by atoms with Crippen molar-refractivity contribution in [1.29, 1.82) is 10.5 Å². The van der Waals surface area contributed by atoms with Gasteiger partial charge in [-0.15, -0.1) is 0 Å². The number of methoxy groups -OCH3 is 2. The Morgan fingerprint density at radius 3 is 2.19 bits per heavy atom. The minimum absolute atomic E-state index is 0.108. The van der Waals surface area contributed by atoms with E-state index in [-0.39, 0.29) is 5.57 Å². The monoisotopic (exact) mass is 358 g/mol. The molecule has 1 rings (SSSR count). The fraction of sp³-hybridized carbons (Fsp3) is 0.500. The first-order valence-electron chi connectivity index (χ1n) is 8.59. The van der Waals surface area contributed by atoms with Gasteiger partial charge in [0.05, 0.1) is 14.2 Å². The first-order chi connectivity index (χ1) is 12.6. The van der Waals surface area contributed by atoms with Crippen LogP contribution in [0.5, 0.6) is 11.5 Å². The number of ether oxygens (including phenoxy) is 4. The standard InChI is InChI=1S/C20H26N2O4/c1-5-25-20(26-6-2)12-15(17(13-21)14-22)7-8-16-11-18(23-3)9-10-19(16)24-4/h9-11,20H,5-8,12H2,1-4H3. The highest BCUT2D eigenvalue weighted by atomic mass is 16.7. The second kappa shape index (κ2) is 11.9. The summed E-state index contributed by atoms with van der Waals surface area (Å²) in [5.74, 6) is 1.47. The van der Waals surface area contributed by atoms with Crippen molar-refractivity contribution >= 4 is 0 Å². The highest BCUT2D eigenvalue weighted by molar-refractivity contribution is 5.43. The molecule has 26 heavy (non-hydrogen) atoms. The van der Waals surface area contributed by atoms with Crippen molar-refractivity contribution in [2.24, 2.45) is 0 Å². The molecular weight excluding hydrogens is 332 g/mol. The summed E-state index contributed by atoms with van der Waals surface area (Å²) in [6.45, 7) is 4.75. The Morgan fingerprint density at radius 2 is 1.69 bits per heavy atom. The summed E-state index contributed by atoms with van der Waals surface area (Å²) in [4.78, 5) is 0. The second-order valence-electron chi connectivity index (χ2n) is 5.42. The molecule has 1 aromatic carbocycles. The lowest BCUT2D eigenvalue weighted by Gasteiger charge is -2.19. The first kappa shape index (κ1) is 21.5. The topological polar surface area (TPSA) is 84.5 Å². The van der Waals surface area contributed by atoms with Crippen LogP contribution in [0.1, 0.15) is 32.3 Å². The summed E-state index contributed by atoms with van der Waals surface area (Å²) in [6, 6.07) is 9.53. The Bertz CT molecular complexity index is 664. The van der Waals surface area contributed by atoms with Gasteiger partial charge >= 0.3 is 0 Å². The Hall–Kier alpha value is -2.54. The summed E-state index contributed by atoms with van der Waals surface area (Å²) in [5, 5.41) is 18.6. The number of hydrogen-bond donors (Lipinski definition) is 0. The van der Waals surface area contributed by atoms with Crippen LogP contribution in [0.15, 0.2) is 29.3 Å². The Morgan fingerprint density at radius 1 is 1.04 bits per heavy atom. The van der Waals surface area contributed by atoms with Crippen LogP contribution < -0.4 is 9.47 Å². The van der Waals surface area contributed by atoms with E-state index in [2.05, 4.69) is 0 Å². The number of nitrogens with zero attached hydrogens (tertiary/aromatic N) is 2.